The Labute approximate surface area is 140 Å². The van der Waals surface area contributed by atoms with Crippen molar-refractivity contribution in [2.75, 3.05) is 20.8 Å². The first-order chi connectivity index (χ1) is 11.7. The van der Waals surface area contributed by atoms with Crippen molar-refractivity contribution in [2.24, 2.45) is 0 Å². The standard InChI is InChI=1S/C19H20FNO3/c1-23-16-6-3-7-17(24-2)18(16)19(22)21-12-4-5-15(21)13-8-10-14(20)11-9-13/h3,6-11,15H,4-5,12H2,1-2H3/t15-/m1/s1. The van der Waals surface area contributed by atoms with Gasteiger partial charge in [-0.15, -0.1) is 0 Å². The zero-order chi connectivity index (χ0) is 17.1. The molecule has 1 fully saturated rings. The number of rotatable bonds is 4. The first-order valence-corrected chi connectivity index (χ1v) is 7.93. The summed E-state index contributed by atoms with van der Waals surface area (Å²) in [4.78, 5) is 15.0. The molecule has 2 aromatic rings. The predicted octanol–water partition coefficient (Wildman–Crippen LogP) is 3.82. The molecule has 1 saturated heterocycles. The molecule has 1 heterocycles. The molecular weight excluding hydrogens is 309 g/mol. The number of carbonyl (C=O) groups excluding carboxylic acids is 1. The Kier molecular flexibility index (Phi) is 4.69. The maximum Gasteiger partial charge on any atom is 0.261 e. The van der Waals surface area contributed by atoms with Crippen molar-refractivity contribution in [3.63, 3.8) is 0 Å². The van der Waals surface area contributed by atoms with E-state index in [9.17, 15) is 9.18 Å². The number of halogens is 1. The fraction of sp³-hybridized carbons (Fsp3) is 0.316. The maximum atomic E-state index is 13.2. The van der Waals surface area contributed by atoms with Gasteiger partial charge < -0.3 is 14.4 Å². The molecule has 2 aromatic carbocycles. The van der Waals surface area contributed by atoms with Gasteiger partial charge in [0.25, 0.3) is 5.91 Å². The van der Waals surface area contributed by atoms with E-state index in [2.05, 4.69) is 0 Å². The van der Waals surface area contributed by atoms with Crippen LogP contribution in [0.4, 0.5) is 4.39 Å². The second-order valence-corrected chi connectivity index (χ2v) is 5.75. The van der Waals surface area contributed by atoms with Gasteiger partial charge in [0.05, 0.1) is 20.3 Å². The third kappa shape index (κ3) is 2.94. The quantitative estimate of drug-likeness (QED) is 0.856. The molecular formula is C19H20FNO3. The van der Waals surface area contributed by atoms with Crippen LogP contribution in [-0.2, 0) is 0 Å². The molecule has 0 unspecified atom stereocenters. The molecule has 0 radical (unpaired) electrons. The van der Waals surface area contributed by atoms with Crippen molar-refractivity contribution in [3.05, 3.63) is 59.4 Å². The summed E-state index contributed by atoms with van der Waals surface area (Å²) in [6, 6.07) is 11.6. The molecule has 0 aliphatic carbocycles. The summed E-state index contributed by atoms with van der Waals surface area (Å²) in [5.41, 5.74) is 1.37. The summed E-state index contributed by atoms with van der Waals surface area (Å²) in [6.45, 7) is 0.655. The number of ether oxygens (including phenoxy) is 2. The summed E-state index contributed by atoms with van der Waals surface area (Å²) in [7, 11) is 3.07. The number of nitrogens with zero attached hydrogens (tertiary/aromatic N) is 1. The third-order valence-corrected chi connectivity index (χ3v) is 4.41. The normalized spacial score (nSPS) is 17.0. The lowest BCUT2D eigenvalue weighted by molar-refractivity contribution is 0.0728. The summed E-state index contributed by atoms with van der Waals surface area (Å²) < 4.78 is 23.9. The van der Waals surface area contributed by atoms with Crippen LogP contribution in [0.5, 0.6) is 11.5 Å². The van der Waals surface area contributed by atoms with Gasteiger partial charge in [-0.1, -0.05) is 18.2 Å². The Hall–Kier alpha value is -2.56. The van der Waals surface area contributed by atoms with E-state index in [1.807, 2.05) is 4.90 Å². The first-order valence-electron chi connectivity index (χ1n) is 7.93. The van der Waals surface area contributed by atoms with Crippen LogP contribution in [-0.4, -0.2) is 31.6 Å². The van der Waals surface area contributed by atoms with Gasteiger partial charge in [-0.3, -0.25) is 4.79 Å². The van der Waals surface area contributed by atoms with Crippen molar-refractivity contribution in [3.8, 4) is 11.5 Å². The van der Waals surface area contributed by atoms with Gasteiger partial charge in [-0.2, -0.15) is 0 Å². The molecule has 1 aliphatic rings. The average Bonchev–Trinajstić information content (AvgIpc) is 3.10. The van der Waals surface area contributed by atoms with Crippen LogP contribution in [0.1, 0.15) is 34.8 Å². The van der Waals surface area contributed by atoms with Gasteiger partial charge >= 0.3 is 0 Å². The van der Waals surface area contributed by atoms with Crippen molar-refractivity contribution >= 4 is 5.91 Å². The number of hydrogen-bond donors (Lipinski definition) is 0. The van der Waals surface area contributed by atoms with E-state index in [1.54, 1.807) is 30.3 Å². The van der Waals surface area contributed by atoms with E-state index in [0.29, 0.717) is 23.6 Å². The molecule has 4 nitrogen and oxygen atoms in total. The fourth-order valence-corrected chi connectivity index (χ4v) is 3.25. The highest BCUT2D eigenvalue weighted by atomic mass is 19.1. The SMILES string of the molecule is COc1cccc(OC)c1C(=O)N1CCC[C@@H]1c1ccc(F)cc1. The molecule has 0 saturated carbocycles. The van der Waals surface area contributed by atoms with Crippen molar-refractivity contribution < 1.29 is 18.7 Å². The monoisotopic (exact) mass is 329 g/mol. The molecule has 1 aliphatic heterocycles. The molecule has 0 aromatic heterocycles. The minimum Gasteiger partial charge on any atom is -0.496 e. The highest BCUT2D eigenvalue weighted by Gasteiger charge is 2.33. The summed E-state index contributed by atoms with van der Waals surface area (Å²) in [5, 5.41) is 0. The smallest absolute Gasteiger partial charge is 0.261 e. The second kappa shape index (κ2) is 6.91. The molecule has 1 amide bonds. The molecule has 126 valence electrons. The number of hydrogen-bond acceptors (Lipinski definition) is 3. The van der Waals surface area contributed by atoms with Gasteiger partial charge in [-0.25, -0.2) is 4.39 Å². The van der Waals surface area contributed by atoms with E-state index >= 15 is 0 Å². The average molecular weight is 329 g/mol. The summed E-state index contributed by atoms with van der Waals surface area (Å²) in [6.07, 6.45) is 1.76. The molecule has 24 heavy (non-hydrogen) atoms. The van der Waals surface area contributed by atoms with Crippen molar-refractivity contribution in [1.29, 1.82) is 0 Å². The first kappa shape index (κ1) is 16.3. The Morgan fingerprint density at radius 3 is 2.29 bits per heavy atom. The van der Waals surface area contributed by atoms with E-state index in [4.69, 9.17) is 9.47 Å². The third-order valence-electron chi connectivity index (χ3n) is 4.41. The highest BCUT2D eigenvalue weighted by molar-refractivity contribution is 6.00. The highest BCUT2D eigenvalue weighted by Crippen LogP contribution is 2.37. The van der Waals surface area contributed by atoms with Crippen LogP contribution in [0.2, 0.25) is 0 Å². The van der Waals surface area contributed by atoms with Crippen LogP contribution in [0.25, 0.3) is 0 Å². The van der Waals surface area contributed by atoms with Gasteiger partial charge in [0.1, 0.15) is 22.9 Å². The Balaban J connectivity index is 1.96. The summed E-state index contributed by atoms with van der Waals surface area (Å²) in [5.74, 6) is 0.574. The largest absolute Gasteiger partial charge is 0.496 e. The maximum absolute atomic E-state index is 13.2. The summed E-state index contributed by atoms with van der Waals surface area (Å²) >= 11 is 0. The Bertz CT molecular complexity index is 708. The molecule has 0 N–H and O–H groups in total. The molecule has 0 bridgehead atoms. The van der Waals surface area contributed by atoms with Crippen LogP contribution in [0, 0.1) is 5.82 Å². The van der Waals surface area contributed by atoms with Crippen molar-refractivity contribution in [1.82, 2.24) is 4.90 Å². The number of likely N-dealkylation sites (tertiary alicyclic amines) is 1. The van der Waals surface area contributed by atoms with E-state index in [-0.39, 0.29) is 17.8 Å². The minimum atomic E-state index is -0.277. The zero-order valence-electron chi connectivity index (χ0n) is 13.8. The van der Waals surface area contributed by atoms with Gasteiger partial charge in [-0.05, 0) is 42.7 Å². The number of amides is 1. The van der Waals surface area contributed by atoms with E-state index in [1.165, 1.54) is 26.4 Å². The number of carbonyl (C=O) groups is 1. The van der Waals surface area contributed by atoms with Crippen LogP contribution >= 0.6 is 0 Å². The lowest BCUT2D eigenvalue weighted by atomic mass is 10.0. The van der Waals surface area contributed by atoms with Crippen LogP contribution in [0.15, 0.2) is 42.5 Å². The van der Waals surface area contributed by atoms with Crippen LogP contribution < -0.4 is 9.47 Å². The molecule has 0 spiro atoms. The van der Waals surface area contributed by atoms with Crippen molar-refractivity contribution in [2.45, 2.75) is 18.9 Å². The lowest BCUT2D eigenvalue weighted by Crippen LogP contribution is -2.31. The van der Waals surface area contributed by atoms with Gasteiger partial charge in [0.2, 0.25) is 0 Å². The lowest BCUT2D eigenvalue weighted by Gasteiger charge is -2.26. The second-order valence-electron chi connectivity index (χ2n) is 5.75. The van der Waals surface area contributed by atoms with Gasteiger partial charge in [0, 0.05) is 6.54 Å². The topological polar surface area (TPSA) is 38.8 Å². The Morgan fingerprint density at radius 1 is 1.08 bits per heavy atom. The molecule has 1 atom stereocenters. The van der Waals surface area contributed by atoms with Gasteiger partial charge in [0.15, 0.2) is 0 Å². The van der Waals surface area contributed by atoms with Crippen LogP contribution in [0.3, 0.4) is 0 Å². The number of benzene rings is 2. The fourth-order valence-electron chi connectivity index (χ4n) is 3.25. The molecule has 3 rings (SSSR count). The minimum absolute atomic E-state index is 0.0623. The molecule has 5 heteroatoms. The van der Waals surface area contributed by atoms with E-state index in [0.717, 1.165) is 18.4 Å². The van der Waals surface area contributed by atoms with E-state index < -0.39 is 0 Å². The zero-order valence-corrected chi connectivity index (χ0v) is 13.8. The Morgan fingerprint density at radius 2 is 1.71 bits per heavy atom. The predicted molar refractivity (Wildman–Crippen MR) is 89.0 cm³/mol. The number of methoxy groups -OCH3 is 2.